The maximum atomic E-state index is 13.7. The van der Waals surface area contributed by atoms with Crippen molar-refractivity contribution in [3.63, 3.8) is 0 Å². The Morgan fingerprint density at radius 3 is 2.52 bits per heavy atom. The molecule has 1 aliphatic rings. The smallest absolute Gasteiger partial charge is 0.191 e. The van der Waals surface area contributed by atoms with Crippen LogP contribution < -0.4 is 10.6 Å². The molecule has 1 aromatic carbocycles. The van der Waals surface area contributed by atoms with E-state index in [1.807, 2.05) is 12.1 Å². The van der Waals surface area contributed by atoms with Gasteiger partial charge in [0, 0.05) is 25.0 Å². The Kier molecular flexibility index (Phi) is 6.90. The summed E-state index contributed by atoms with van der Waals surface area (Å²) in [6.45, 7) is 6.48. The van der Waals surface area contributed by atoms with E-state index in [0.29, 0.717) is 12.0 Å². The van der Waals surface area contributed by atoms with Gasteiger partial charge in [-0.3, -0.25) is 4.99 Å². The van der Waals surface area contributed by atoms with Gasteiger partial charge in [0.1, 0.15) is 5.82 Å². The summed E-state index contributed by atoms with van der Waals surface area (Å²) in [5.74, 6) is 1.48. The second-order valence-electron chi connectivity index (χ2n) is 5.86. The number of nitrogens with one attached hydrogen (secondary N) is 2. The second-order valence-corrected chi connectivity index (χ2v) is 5.86. The molecule has 3 nitrogen and oxygen atoms in total. The Balaban J connectivity index is 0.00000220. The number of halogens is 2. The standard InChI is InChI=1S/C16H24FN3.HI/c1-10(2)11(3)19-16(18-4)20-15-9-13(15)12-7-5-6-8-14(12)17;/h5-8,10-11,13,15H,9H2,1-4H3,(H2,18,19,20);1H. The second kappa shape index (κ2) is 7.96. The molecule has 21 heavy (non-hydrogen) atoms. The summed E-state index contributed by atoms with van der Waals surface area (Å²) in [5.41, 5.74) is 0.803. The van der Waals surface area contributed by atoms with E-state index in [2.05, 4.69) is 36.4 Å². The Morgan fingerprint density at radius 2 is 1.95 bits per heavy atom. The third-order valence-electron chi connectivity index (χ3n) is 4.01. The Labute approximate surface area is 143 Å². The summed E-state index contributed by atoms with van der Waals surface area (Å²) < 4.78 is 13.7. The number of hydrogen-bond donors (Lipinski definition) is 2. The van der Waals surface area contributed by atoms with Gasteiger partial charge in [0.15, 0.2) is 5.96 Å². The largest absolute Gasteiger partial charge is 0.354 e. The Hall–Kier alpha value is -0.850. The van der Waals surface area contributed by atoms with Crippen LogP contribution in [0.1, 0.15) is 38.7 Å². The third-order valence-corrected chi connectivity index (χ3v) is 4.01. The van der Waals surface area contributed by atoms with Crippen molar-refractivity contribution in [2.24, 2.45) is 10.9 Å². The SMILES string of the molecule is CN=C(NC(C)C(C)C)NC1CC1c1ccccc1F.I. The van der Waals surface area contributed by atoms with Crippen LogP contribution in [0.4, 0.5) is 4.39 Å². The third kappa shape index (κ3) is 4.83. The predicted octanol–water partition coefficient (Wildman–Crippen LogP) is 3.51. The zero-order valence-corrected chi connectivity index (χ0v) is 15.4. The van der Waals surface area contributed by atoms with Crippen molar-refractivity contribution >= 4 is 29.9 Å². The first-order valence-electron chi connectivity index (χ1n) is 7.27. The monoisotopic (exact) mass is 405 g/mol. The van der Waals surface area contributed by atoms with Crippen LogP contribution in [-0.4, -0.2) is 25.1 Å². The van der Waals surface area contributed by atoms with E-state index in [-0.39, 0.29) is 41.8 Å². The van der Waals surface area contributed by atoms with Crippen molar-refractivity contribution < 1.29 is 4.39 Å². The molecular weight excluding hydrogens is 380 g/mol. The molecule has 1 aromatic rings. The quantitative estimate of drug-likeness (QED) is 0.457. The molecule has 2 rings (SSSR count). The number of guanidine groups is 1. The van der Waals surface area contributed by atoms with E-state index in [1.165, 1.54) is 6.07 Å². The summed E-state index contributed by atoms with van der Waals surface area (Å²) >= 11 is 0. The summed E-state index contributed by atoms with van der Waals surface area (Å²) in [6, 6.07) is 7.65. The molecule has 1 aliphatic carbocycles. The fourth-order valence-corrected chi connectivity index (χ4v) is 2.20. The molecule has 3 atom stereocenters. The number of rotatable bonds is 4. The molecule has 0 saturated heterocycles. The highest BCUT2D eigenvalue weighted by molar-refractivity contribution is 14.0. The van der Waals surface area contributed by atoms with Gasteiger partial charge in [-0.2, -0.15) is 0 Å². The first kappa shape index (κ1) is 18.2. The van der Waals surface area contributed by atoms with Crippen molar-refractivity contribution in [3.05, 3.63) is 35.6 Å². The van der Waals surface area contributed by atoms with Gasteiger partial charge in [-0.15, -0.1) is 24.0 Å². The lowest BCUT2D eigenvalue weighted by Gasteiger charge is -2.20. The van der Waals surface area contributed by atoms with Gasteiger partial charge in [0.2, 0.25) is 0 Å². The highest BCUT2D eigenvalue weighted by atomic mass is 127. The van der Waals surface area contributed by atoms with Crippen molar-refractivity contribution in [1.29, 1.82) is 0 Å². The van der Waals surface area contributed by atoms with Gasteiger partial charge in [0.05, 0.1) is 0 Å². The Bertz CT molecular complexity index is 490. The van der Waals surface area contributed by atoms with Gasteiger partial charge < -0.3 is 10.6 Å². The minimum Gasteiger partial charge on any atom is -0.354 e. The lowest BCUT2D eigenvalue weighted by molar-refractivity contribution is 0.480. The maximum Gasteiger partial charge on any atom is 0.191 e. The van der Waals surface area contributed by atoms with Crippen molar-refractivity contribution in [2.45, 2.75) is 45.2 Å². The average molecular weight is 405 g/mol. The lowest BCUT2D eigenvalue weighted by Crippen LogP contribution is -2.45. The molecule has 5 heteroatoms. The van der Waals surface area contributed by atoms with Gasteiger partial charge in [-0.25, -0.2) is 4.39 Å². The van der Waals surface area contributed by atoms with Crippen LogP contribution in [0.25, 0.3) is 0 Å². The number of aliphatic imine (C=N–C) groups is 1. The van der Waals surface area contributed by atoms with Gasteiger partial charge >= 0.3 is 0 Å². The van der Waals surface area contributed by atoms with Gasteiger partial charge in [0.25, 0.3) is 0 Å². The van der Waals surface area contributed by atoms with E-state index in [0.717, 1.165) is 17.9 Å². The number of hydrogen-bond acceptors (Lipinski definition) is 1. The van der Waals surface area contributed by atoms with Crippen molar-refractivity contribution in [2.75, 3.05) is 7.05 Å². The summed E-state index contributed by atoms with van der Waals surface area (Å²) in [5, 5.41) is 6.74. The van der Waals surface area contributed by atoms with Crippen LogP contribution in [0.2, 0.25) is 0 Å². The van der Waals surface area contributed by atoms with Gasteiger partial charge in [-0.05, 0) is 30.9 Å². The van der Waals surface area contributed by atoms with E-state index < -0.39 is 0 Å². The number of nitrogens with zero attached hydrogens (tertiary/aromatic N) is 1. The van der Waals surface area contributed by atoms with Crippen LogP contribution in [0.15, 0.2) is 29.3 Å². The topological polar surface area (TPSA) is 36.4 Å². The number of benzene rings is 1. The summed E-state index contributed by atoms with van der Waals surface area (Å²) in [4.78, 5) is 4.24. The molecule has 1 fully saturated rings. The van der Waals surface area contributed by atoms with Crippen LogP contribution in [0, 0.1) is 11.7 Å². The normalized spacial score (nSPS) is 22.5. The van der Waals surface area contributed by atoms with E-state index in [4.69, 9.17) is 0 Å². The summed E-state index contributed by atoms with van der Waals surface area (Å²) in [6.07, 6.45) is 0.956. The predicted molar refractivity (Wildman–Crippen MR) is 96.9 cm³/mol. The maximum absolute atomic E-state index is 13.7. The molecule has 0 aliphatic heterocycles. The lowest BCUT2D eigenvalue weighted by atomic mass is 10.1. The molecule has 0 heterocycles. The molecule has 1 saturated carbocycles. The molecule has 0 bridgehead atoms. The van der Waals surface area contributed by atoms with E-state index in [9.17, 15) is 4.39 Å². The first-order valence-corrected chi connectivity index (χ1v) is 7.27. The van der Waals surface area contributed by atoms with E-state index in [1.54, 1.807) is 13.1 Å². The van der Waals surface area contributed by atoms with Crippen LogP contribution in [0.5, 0.6) is 0 Å². The van der Waals surface area contributed by atoms with E-state index >= 15 is 0 Å². The zero-order valence-electron chi connectivity index (χ0n) is 13.1. The minimum absolute atomic E-state index is 0. The van der Waals surface area contributed by atoms with Gasteiger partial charge in [-0.1, -0.05) is 32.0 Å². The summed E-state index contributed by atoms with van der Waals surface area (Å²) in [7, 11) is 1.77. The molecule has 118 valence electrons. The van der Waals surface area contributed by atoms with Crippen LogP contribution in [0.3, 0.4) is 0 Å². The molecule has 0 spiro atoms. The fourth-order valence-electron chi connectivity index (χ4n) is 2.20. The minimum atomic E-state index is -0.111. The first-order chi connectivity index (χ1) is 9.52. The molecular formula is C16H25FIN3. The Morgan fingerprint density at radius 1 is 1.29 bits per heavy atom. The van der Waals surface area contributed by atoms with Crippen molar-refractivity contribution in [3.8, 4) is 0 Å². The molecule has 0 aromatic heterocycles. The zero-order chi connectivity index (χ0) is 14.7. The van der Waals surface area contributed by atoms with Crippen molar-refractivity contribution in [1.82, 2.24) is 10.6 Å². The molecule has 3 unspecified atom stereocenters. The highest BCUT2D eigenvalue weighted by Crippen LogP contribution is 2.41. The van der Waals surface area contributed by atoms with Crippen LogP contribution >= 0.6 is 24.0 Å². The highest BCUT2D eigenvalue weighted by Gasteiger charge is 2.40. The molecule has 0 radical (unpaired) electrons. The molecule has 2 N–H and O–H groups in total. The van der Waals surface area contributed by atoms with Crippen LogP contribution in [-0.2, 0) is 0 Å². The average Bonchev–Trinajstić information content (AvgIpc) is 3.17. The molecule has 0 amide bonds. The fraction of sp³-hybridized carbons (Fsp3) is 0.562.